The Morgan fingerprint density at radius 3 is 3.00 bits per heavy atom. The lowest BCUT2D eigenvalue weighted by Gasteiger charge is -2.20. The molecule has 0 unspecified atom stereocenters. The molecule has 0 aliphatic carbocycles. The Hall–Kier alpha value is -2.21. The summed E-state index contributed by atoms with van der Waals surface area (Å²) in [5, 5.41) is 3.80. The van der Waals surface area contributed by atoms with E-state index in [1.54, 1.807) is 18.2 Å². The second-order valence-electron chi connectivity index (χ2n) is 5.18. The maximum Gasteiger partial charge on any atom is 0.261 e. The normalized spacial score (nSPS) is 15.9. The number of nitrogens with zero attached hydrogens (tertiary/aromatic N) is 3. The van der Waals surface area contributed by atoms with Crippen molar-refractivity contribution in [3.05, 3.63) is 40.9 Å². The minimum Gasteiger partial charge on any atom is -0.340 e. The lowest BCUT2D eigenvalue weighted by molar-refractivity contribution is -0.131. The van der Waals surface area contributed by atoms with Crippen LogP contribution in [0.3, 0.4) is 0 Å². The van der Waals surface area contributed by atoms with Gasteiger partial charge in [-0.1, -0.05) is 12.1 Å². The molecule has 6 nitrogen and oxygen atoms in total. The van der Waals surface area contributed by atoms with Gasteiger partial charge in [-0.15, -0.1) is 0 Å². The maximum atomic E-state index is 12.4. The Bertz CT molecular complexity index is 702. The Labute approximate surface area is 122 Å². The van der Waals surface area contributed by atoms with E-state index in [1.807, 2.05) is 11.0 Å². The number of carbonyl (C=O) groups excluding carboxylic acids is 1. The van der Waals surface area contributed by atoms with Crippen molar-refractivity contribution in [3.63, 3.8) is 0 Å². The topological polar surface area (TPSA) is 67.2 Å². The summed E-state index contributed by atoms with van der Waals surface area (Å²) in [6.45, 7) is 3.21. The summed E-state index contributed by atoms with van der Waals surface area (Å²) >= 11 is 0. The van der Waals surface area contributed by atoms with E-state index in [1.165, 1.54) is 10.9 Å². The SMILES string of the molecule is O=C(Cn1cnc2ccccc2c1=O)N1CCCNCC1. The summed E-state index contributed by atoms with van der Waals surface area (Å²) in [5.74, 6) is -0.0297. The number of nitrogens with one attached hydrogen (secondary N) is 1. The van der Waals surface area contributed by atoms with E-state index in [4.69, 9.17) is 0 Å². The van der Waals surface area contributed by atoms with Crippen molar-refractivity contribution in [1.29, 1.82) is 0 Å². The minimum atomic E-state index is -0.165. The molecule has 2 aromatic rings. The van der Waals surface area contributed by atoms with Crippen molar-refractivity contribution < 1.29 is 4.79 Å². The van der Waals surface area contributed by atoms with Crippen molar-refractivity contribution in [3.8, 4) is 0 Å². The monoisotopic (exact) mass is 286 g/mol. The Kier molecular flexibility index (Phi) is 3.96. The Morgan fingerprint density at radius 2 is 2.10 bits per heavy atom. The first-order valence-corrected chi connectivity index (χ1v) is 7.18. The predicted octanol–water partition coefficient (Wildman–Crippen LogP) is 0.218. The van der Waals surface area contributed by atoms with Crippen LogP contribution in [0.5, 0.6) is 0 Å². The first-order chi connectivity index (χ1) is 10.3. The van der Waals surface area contributed by atoms with Gasteiger partial charge in [-0.05, 0) is 25.1 Å². The second kappa shape index (κ2) is 6.05. The molecule has 6 heteroatoms. The predicted molar refractivity (Wildman–Crippen MR) is 80.1 cm³/mol. The van der Waals surface area contributed by atoms with E-state index in [-0.39, 0.29) is 18.0 Å². The quantitative estimate of drug-likeness (QED) is 0.857. The van der Waals surface area contributed by atoms with Crippen LogP contribution in [0, 0.1) is 0 Å². The van der Waals surface area contributed by atoms with Crippen LogP contribution in [0.4, 0.5) is 0 Å². The lowest BCUT2D eigenvalue weighted by atomic mass is 10.2. The number of carbonyl (C=O) groups is 1. The standard InChI is InChI=1S/C15H18N4O2/c20-14(18-8-3-6-16-7-9-18)10-19-11-17-13-5-2-1-4-12(13)15(19)21/h1-2,4-5,11,16H,3,6-10H2. The van der Waals surface area contributed by atoms with Crippen molar-refractivity contribution in [2.75, 3.05) is 26.2 Å². The van der Waals surface area contributed by atoms with Crippen LogP contribution in [-0.4, -0.2) is 46.5 Å². The number of benzene rings is 1. The highest BCUT2D eigenvalue weighted by molar-refractivity contribution is 5.79. The molecule has 1 saturated heterocycles. The Morgan fingerprint density at radius 1 is 1.24 bits per heavy atom. The number of aromatic nitrogens is 2. The van der Waals surface area contributed by atoms with Crippen LogP contribution in [0.15, 0.2) is 35.4 Å². The number of para-hydroxylation sites is 1. The molecule has 1 aliphatic rings. The maximum absolute atomic E-state index is 12.4. The van der Waals surface area contributed by atoms with Crippen LogP contribution in [-0.2, 0) is 11.3 Å². The molecule has 1 fully saturated rings. The van der Waals surface area contributed by atoms with Crippen LogP contribution >= 0.6 is 0 Å². The molecule has 0 spiro atoms. The molecule has 1 aliphatic heterocycles. The number of hydrogen-bond acceptors (Lipinski definition) is 4. The van der Waals surface area contributed by atoms with Crippen molar-refractivity contribution in [2.45, 2.75) is 13.0 Å². The minimum absolute atomic E-state index is 0.0297. The molecule has 110 valence electrons. The molecule has 0 bridgehead atoms. The van der Waals surface area contributed by atoms with Gasteiger partial charge >= 0.3 is 0 Å². The van der Waals surface area contributed by atoms with Gasteiger partial charge in [-0.2, -0.15) is 0 Å². The van der Waals surface area contributed by atoms with Gasteiger partial charge in [0.2, 0.25) is 5.91 Å². The zero-order valence-corrected chi connectivity index (χ0v) is 11.8. The van der Waals surface area contributed by atoms with E-state index in [9.17, 15) is 9.59 Å². The first kappa shape index (κ1) is 13.8. The zero-order chi connectivity index (χ0) is 14.7. The molecule has 1 aromatic heterocycles. The van der Waals surface area contributed by atoms with E-state index < -0.39 is 0 Å². The molecule has 21 heavy (non-hydrogen) atoms. The highest BCUT2D eigenvalue weighted by atomic mass is 16.2. The van der Waals surface area contributed by atoms with Crippen molar-refractivity contribution >= 4 is 16.8 Å². The number of fused-ring (bicyclic) bond motifs is 1. The van der Waals surface area contributed by atoms with Gasteiger partial charge in [-0.25, -0.2) is 4.98 Å². The van der Waals surface area contributed by atoms with Gasteiger partial charge in [0, 0.05) is 19.6 Å². The molecule has 1 N–H and O–H groups in total. The molecular formula is C15H18N4O2. The molecule has 2 heterocycles. The van der Waals surface area contributed by atoms with E-state index >= 15 is 0 Å². The third-order valence-electron chi connectivity index (χ3n) is 3.73. The molecule has 3 rings (SSSR count). The van der Waals surface area contributed by atoms with Crippen molar-refractivity contribution in [1.82, 2.24) is 19.8 Å². The van der Waals surface area contributed by atoms with Crippen LogP contribution < -0.4 is 10.9 Å². The summed E-state index contributed by atoms with van der Waals surface area (Å²) in [4.78, 5) is 30.7. The summed E-state index contributed by atoms with van der Waals surface area (Å²) in [5.41, 5.74) is 0.493. The van der Waals surface area contributed by atoms with Crippen LogP contribution in [0.1, 0.15) is 6.42 Å². The van der Waals surface area contributed by atoms with Crippen molar-refractivity contribution in [2.24, 2.45) is 0 Å². The third kappa shape index (κ3) is 2.95. The fourth-order valence-electron chi connectivity index (χ4n) is 2.56. The highest BCUT2D eigenvalue weighted by Gasteiger charge is 2.16. The first-order valence-electron chi connectivity index (χ1n) is 7.18. The third-order valence-corrected chi connectivity index (χ3v) is 3.73. The summed E-state index contributed by atoms with van der Waals surface area (Å²) in [7, 11) is 0. The van der Waals surface area contributed by atoms with Gasteiger partial charge in [0.1, 0.15) is 6.54 Å². The molecule has 1 aromatic carbocycles. The smallest absolute Gasteiger partial charge is 0.261 e. The number of hydrogen-bond donors (Lipinski definition) is 1. The molecule has 0 atom stereocenters. The highest BCUT2D eigenvalue weighted by Crippen LogP contribution is 2.05. The van der Waals surface area contributed by atoms with Gasteiger partial charge in [0.15, 0.2) is 0 Å². The molecular weight excluding hydrogens is 268 g/mol. The van der Waals surface area contributed by atoms with Gasteiger partial charge in [0.25, 0.3) is 5.56 Å². The summed E-state index contributed by atoms with van der Waals surface area (Å²) < 4.78 is 1.39. The van der Waals surface area contributed by atoms with Gasteiger partial charge in [0.05, 0.1) is 17.2 Å². The number of amides is 1. The van der Waals surface area contributed by atoms with Crippen LogP contribution in [0.25, 0.3) is 10.9 Å². The fraction of sp³-hybridized carbons (Fsp3) is 0.400. The molecule has 1 amide bonds. The average Bonchev–Trinajstić information content (AvgIpc) is 2.79. The largest absolute Gasteiger partial charge is 0.340 e. The molecule has 0 saturated carbocycles. The summed E-state index contributed by atoms with van der Waals surface area (Å²) in [6.07, 6.45) is 2.40. The molecule has 0 radical (unpaired) electrons. The van der Waals surface area contributed by atoms with Crippen LogP contribution in [0.2, 0.25) is 0 Å². The van der Waals surface area contributed by atoms with Gasteiger partial charge < -0.3 is 10.2 Å². The Balaban J connectivity index is 1.82. The van der Waals surface area contributed by atoms with E-state index in [2.05, 4.69) is 10.3 Å². The number of rotatable bonds is 2. The average molecular weight is 286 g/mol. The van der Waals surface area contributed by atoms with E-state index in [0.29, 0.717) is 17.4 Å². The van der Waals surface area contributed by atoms with E-state index in [0.717, 1.165) is 26.1 Å². The second-order valence-corrected chi connectivity index (χ2v) is 5.18. The lowest BCUT2D eigenvalue weighted by Crippen LogP contribution is -2.38. The van der Waals surface area contributed by atoms with Gasteiger partial charge in [-0.3, -0.25) is 14.2 Å². The zero-order valence-electron chi connectivity index (χ0n) is 11.8. The summed E-state index contributed by atoms with van der Waals surface area (Å²) in [6, 6.07) is 7.18. The fourth-order valence-corrected chi connectivity index (χ4v) is 2.56.